The van der Waals surface area contributed by atoms with E-state index in [2.05, 4.69) is 0 Å². The van der Waals surface area contributed by atoms with E-state index in [4.69, 9.17) is 14.2 Å². The van der Waals surface area contributed by atoms with Gasteiger partial charge in [0.25, 0.3) is 5.56 Å². The van der Waals surface area contributed by atoms with Crippen molar-refractivity contribution in [2.75, 3.05) is 13.2 Å². The van der Waals surface area contributed by atoms with Gasteiger partial charge < -0.3 is 18.8 Å². The van der Waals surface area contributed by atoms with Crippen LogP contribution in [0.5, 0.6) is 0 Å². The fourth-order valence-electron chi connectivity index (χ4n) is 3.10. The van der Waals surface area contributed by atoms with Crippen molar-refractivity contribution < 1.29 is 23.6 Å². The fraction of sp³-hybridized carbons (Fsp3) is 0.350. The number of carbonyl (C=O) groups is 1. The van der Waals surface area contributed by atoms with E-state index in [1.165, 1.54) is 17.7 Å². The van der Waals surface area contributed by atoms with Gasteiger partial charge in [-0.2, -0.15) is 4.57 Å². The number of ether oxygens (including phenoxy) is 3. The molecule has 9 nitrogen and oxygen atoms in total. The van der Waals surface area contributed by atoms with E-state index in [1.54, 1.807) is 13.8 Å². The summed E-state index contributed by atoms with van der Waals surface area (Å²) < 4.78 is 30.3. The number of benzene rings is 1. The molecule has 0 amide bonds. The molecule has 1 unspecified atom stereocenters. The van der Waals surface area contributed by atoms with Crippen LogP contribution in [0.4, 0.5) is 0 Å². The van der Waals surface area contributed by atoms with E-state index in [0.29, 0.717) is 4.83 Å². The highest BCUT2D eigenvalue weighted by Crippen LogP contribution is 2.31. The zero-order valence-electron chi connectivity index (χ0n) is 17.3. The lowest BCUT2D eigenvalue weighted by molar-refractivity contribution is -0.227. The van der Waals surface area contributed by atoms with Crippen LogP contribution in [0.1, 0.15) is 29.1 Å². The van der Waals surface area contributed by atoms with E-state index < -0.39 is 31.3 Å². The van der Waals surface area contributed by atoms with Crippen molar-refractivity contribution in [3.05, 3.63) is 67.7 Å². The first kappa shape index (κ1) is 23.1. The van der Waals surface area contributed by atoms with E-state index >= 15 is 0 Å². The second kappa shape index (κ2) is 9.74. The molecule has 0 aliphatic heterocycles. The van der Waals surface area contributed by atoms with Crippen molar-refractivity contribution in [1.82, 2.24) is 9.13 Å². The van der Waals surface area contributed by atoms with Gasteiger partial charge >= 0.3 is 17.3 Å². The Morgan fingerprint density at radius 1 is 1.13 bits per heavy atom. The summed E-state index contributed by atoms with van der Waals surface area (Å²) in [7, 11) is -0.383. The number of nitrogens with zero attached hydrogens (tertiary/aromatic N) is 2. The standard InChI is InChI=1S/C20H23N2O7PS/c1-4-28-20(30-26,29-5-2)22-16(23)14-11-15(31-17(14)21(3)19(22)25)18(24)27-12-13-9-7-6-8-10-13/h6-11H,4-5,12,30H2,1-3H3. The van der Waals surface area contributed by atoms with E-state index in [9.17, 15) is 18.9 Å². The number of aromatic nitrogens is 2. The Morgan fingerprint density at radius 3 is 2.35 bits per heavy atom. The molecule has 3 aromatic rings. The second-order valence-electron chi connectivity index (χ2n) is 6.49. The van der Waals surface area contributed by atoms with Crippen LogP contribution >= 0.6 is 19.8 Å². The molecule has 0 radical (unpaired) electrons. The van der Waals surface area contributed by atoms with Crippen LogP contribution in [0.3, 0.4) is 0 Å². The Bertz CT molecular complexity index is 1210. The van der Waals surface area contributed by atoms with E-state index in [1.807, 2.05) is 30.3 Å². The van der Waals surface area contributed by atoms with Gasteiger partial charge in [0.15, 0.2) is 0 Å². The van der Waals surface area contributed by atoms with Gasteiger partial charge in [-0.05, 0) is 25.5 Å². The SMILES string of the molecule is CCOC(OCC)([PH2]=O)n1c(=O)c2cc(C(=O)OCc3ccccc3)sc2n(C)c1=O. The molecule has 0 aliphatic rings. The monoisotopic (exact) mass is 466 g/mol. The van der Waals surface area contributed by atoms with Crippen LogP contribution in [0.15, 0.2) is 46.0 Å². The van der Waals surface area contributed by atoms with Gasteiger partial charge in [-0.3, -0.25) is 9.36 Å². The number of fused-ring (bicyclic) bond motifs is 1. The van der Waals surface area contributed by atoms with Gasteiger partial charge in [0.05, 0.1) is 5.39 Å². The minimum absolute atomic E-state index is 0.0730. The predicted octanol–water partition coefficient (Wildman–Crippen LogP) is 2.52. The van der Waals surface area contributed by atoms with Crippen LogP contribution in [-0.4, -0.2) is 28.3 Å². The summed E-state index contributed by atoms with van der Waals surface area (Å²) in [5, 5.41) is 0.107. The number of rotatable bonds is 9. The quantitative estimate of drug-likeness (QED) is 0.271. The van der Waals surface area contributed by atoms with Crippen LogP contribution < -0.4 is 11.2 Å². The number of hydrogen-bond acceptors (Lipinski definition) is 8. The molecule has 0 saturated heterocycles. The Labute approximate surface area is 183 Å². The smallest absolute Gasteiger partial charge is 0.348 e. The molecule has 0 aliphatic carbocycles. The summed E-state index contributed by atoms with van der Waals surface area (Å²) in [4.78, 5) is 39.2. The molecule has 11 heteroatoms. The molecule has 3 rings (SSSR count). The van der Waals surface area contributed by atoms with Gasteiger partial charge in [-0.1, -0.05) is 30.3 Å². The second-order valence-corrected chi connectivity index (χ2v) is 8.48. The first-order valence-corrected chi connectivity index (χ1v) is 11.5. The molecule has 2 heterocycles. The lowest BCUT2D eigenvalue weighted by atomic mass is 10.2. The molecular weight excluding hydrogens is 443 g/mol. The van der Waals surface area contributed by atoms with Gasteiger partial charge in [-0.25, -0.2) is 9.59 Å². The maximum atomic E-state index is 13.2. The number of thiophene rings is 1. The van der Waals surface area contributed by atoms with Gasteiger partial charge in [0.2, 0.25) is 0 Å². The molecule has 31 heavy (non-hydrogen) atoms. The predicted molar refractivity (Wildman–Crippen MR) is 119 cm³/mol. The maximum absolute atomic E-state index is 13.2. The Hall–Kier alpha value is -2.52. The molecule has 0 fully saturated rings. The normalized spacial score (nSPS) is 12.1. The summed E-state index contributed by atoms with van der Waals surface area (Å²) >= 11 is 0.971. The summed E-state index contributed by atoms with van der Waals surface area (Å²) in [6, 6.07) is 10.6. The molecule has 1 aromatic carbocycles. The molecule has 0 saturated carbocycles. The van der Waals surface area contributed by atoms with Crippen LogP contribution in [0.2, 0.25) is 0 Å². The third kappa shape index (κ3) is 4.43. The number of esters is 1. The Balaban J connectivity index is 2.07. The zero-order chi connectivity index (χ0) is 22.6. The topological polar surface area (TPSA) is 106 Å². The highest BCUT2D eigenvalue weighted by molar-refractivity contribution is 7.24. The molecule has 0 N–H and O–H groups in total. The van der Waals surface area contributed by atoms with Crippen molar-refractivity contribution in [3.8, 4) is 0 Å². The number of carbonyl (C=O) groups excluding carboxylic acids is 1. The third-order valence-electron chi connectivity index (χ3n) is 4.51. The molecule has 166 valence electrons. The Morgan fingerprint density at radius 2 is 1.77 bits per heavy atom. The molecule has 2 aromatic heterocycles. The maximum Gasteiger partial charge on any atom is 0.348 e. The minimum atomic E-state index is -1.99. The first-order valence-electron chi connectivity index (χ1n) is 9.59. The number of hydrogen-bond donors (Lipinski definition) is 0. The van der Waals surface area contributed by atoms with E-state index in [0.717, 1.165) is 21.5 Å². The van der Waals surface area contributed by atoms with Crippen molar-refractivity contribution in [3.63, 3.8) is 0 Å². The largest absolute Gasteiger partial charge is 0.457 e. The lowest BCUT2D eigenvalue weighted by Gasteiger charge is -2.29. The first-order chi connectivity index (χ1) is 14.9. The van der Waals surface area contributed by atoms with Crippen molar-refractivity contribution >= 4 is 36.0 Å². The zero-order valence-corrected chi connectivity index (χ0v) is 19.3. The highest BCUT2D eigenvalue weighted by atomic mass is 32.1. The average Bonchev–Trinajstić information content (AvgIpc) is 3.23. The minimum Gasteiger partial charge on any atom is -0.457 e. The third-order valence-corrected chi connectivity index (χ3v) is 6.59. The van der Waals surface area contributed by atoms with Crippen LogP contribution in [0.25, 0.3) is 10.2 Å². The van der Waals surface area contributed by atoms with E-state index in [-0.39, 0.29) is 30.1 Å². The van der Waals surface area contributed by atoms with Gasteiger partial charge in [0.1, 0.15) is 24.8 Å². The molecule has 0 spiro atoms. The molecule has 0 bridgehead atoms. The van der Waals surface area contributed by atoms with Crippen LogP contribution in [-0.2, 0) is 38.1 Å². The summed E-state index contributed by atoms with van der Waals surface area (Å²) in [6.45, 7) is 3.51. The average molecular weight is 466 g/mol. The fourth-order valence-corrected chi connectivity index (χ4v) is 4.90. The van der Waals surface area contributed by atoms with Crippen molar-refractivity contribution in [2.45, 2.75) is 26.1 Å². The number of aryl methyl sites for hydroxylation is 1. The van der Waals surface area contributed by atoms with Crippen LogP contribution in [0, 0.1) is 0 Å². The van der Waals surface area contributed by atoms with Crippen molar-refractivity contribution in [1.29, 1.82) is 0 Å². The highest BCUT2D eigenvalue weighted by Gasteiger charge is 2.37. The Kier molecular flexibility index (Phi) is 7.27. The summed E-state index contributed by atoms with van der Waals surface area (Å²) in [6.07, 6.45) is 0. The van der Waals surface area contributed by atoms with Gasteiger partial charge in [0, 0.05) is 20.3 Å². The molecular formula is C20H23N2O7PS. The lowest BCUT2D eigenvalue weighted by Crippen LogP contribution is -2.51. The summed E-state index contributed by atoms with van der Waals surface area (Å²) in [5.74, 6) is -0.612. The summed E-state index contributed by atoms with van der Waals surface area (Å²) in [5.41, 5.74) is -2.67. The van der Waals surface area contributed by atoms with Gasteiger partial charge in [-0.15, -0.1) is 11.3 Å². The van der Waals surface area contributed by atoms with Crippen molar-refractivity contribution in [2.24, 2.45) is 7.05 Å². The molecule has 1 atom stereocenters.